The molecule has 1 aromatic rings. The molecule has 12 nitrogen and oxygen atoms in total. The molecule has 1 aromatic carbocycles. The van der Waals surface area contributed by atoms with E-state index < -0.39 is 0 Å². The lowest BCUT2D eigenvalue weighted by Gasteiger charge is -1.69. The standard InChI is InChI=1S/C6H6.4N3/c1-2-4-6-5-3-1;4*1-3-2/h1-6H;;;;/q;4*-1. The van der Waals surface area contributed by atoms with Gasteiger partial charge in [0.25, 0.3) is 0 Å². The van der Waals surface area contributed by atoms with Gasteiger partial charge in [-0.15, -0.1) is 0 Å². The van der Waals surface area contributed by atoms with Gasteiger partial charge in [-0.25, -0.2) is 0 Å². The van der Waals surface area contributed by atoms with Gasteiger partial charge >= 0.3 is 0 Å². The smallest absolute Gasteiger partial charge is 0.0623 e. The summed E-state index contributed by atoms with van der Waals surface area (Å²) in [6.07, 6.45) is 0. The van der Waals surface area contributed by atoms with Gasteiger partial charge in [0.2, 0.25) is 0 Å². The van der Waals surface area contributed by atoms with Crippen molar-refractivity contribution in [2.45, 2.75) is 0 Å². The molecule has 0 unspecified atom stereocenters. The SMILES string of the molecule is [N-]=[N+]=[N-].[N-]=[N+]=[N-].[N-]=[N+]=[N-].[N-]=[N+]=[N-].c1ccccc1. The van der Waals surface area contributed by atoms with Crippen molar-refractivity contribution in [3.63, 3.8) is 0 Å². The summed E-state index contributed by atoms with van der Waals surface area (Å²) in [5.74, 6) is 0. The van der Waals surface area contributed by atoms with E-state index >= 15 is 0 Å². The molecule has 0 atom stereocenters. The second-order valence-electron chi connectivity index (χ2n) is 1.51. The topological polar surface area (TPSA) is 235 Å². The first-order valence-electron chi connectivity index (χ1n) is 3.60. The van der Waals surface area contributed by atoms with Gasteiger partial charge < -0.3 is 44.2 Å². The first kappa shape index (κ1) is 23.9. The second-order valence-corrected chi connectivity index (χ2v) is 1.51. The van der Waals surface area contributed by atoms with Crippen LogP contribution in [-0.4, -0.2) is 0 Å². The molecule has 0 heterocycles. The Morgan fingerprint density at radius 1 is 0.333 bits per heavy atom. The predicted molar refractivity (Wildman–Crippen MR) is 66.8 cm³/mol. The van der Waals surface area contributed by atoms with Gasteiger partial charge in [0.05, 0.1) is 0 Å². The zero-order chi connectivity index (χ0) is 15.1. The molecule has 12 heteroatoms. The molecule has 18 heavy (non-hydrogen) atoms. The molecule has 94 valence electrons. The molecule has 0 saturated heterocycles. The van der Waals surface area contributed by atoms with Crippen molar-refractivity contribution >= 4 is 0 Å². The quantitative estimate of drug-likeness (QED) is 0.327. The lowest BCUT2D eigenvalue weighted by atomic mass is 10.4. The molecule has 0 aliphatic rings. The van der Waals surface area contributed by atoms with Crippen molar-refractivity contribution in [1.29, 1.82) is 0 Å². The Morgan fingerprint density at radius 3 is 0.444 bits per heavy atom. The third-order valence-electron chi connectivity index (χ3n) is 0.667. The fourth-order valence-electron chi connectivity index (χ4n) is 0.385. The molecular formula is C6H6N12-4. The molecule has 0 aliphatic heterocycles. The van der Waals surface area contributed by atoms with Gasteiger partial charge in [-0.1, -0.05) is 36.4 Å². The van der Waals surface area contributed by atoms with Gasteiger partial charge in [0, 0.05) is 0 Å². The van der Waals surface area contributed by atoms with E-state index in [2.05, 4.69) is 0 Å². The van der Waals surface area contributed by atoms with E-state index in [-0.39, 0.29) is 0 Å². The molecule has 0 aromatic heterocycles. The summed E-state index contributed by atoms with van der Waals surface area (Å²) < 4.78 is 0. The van der Waals surface area contributed by atoms with Crippen molar-refractivity contribution in [1.82, 2.24) is 0 Å². The zero-order valence-corrected chi connectivity index (χ0v) is 8.83. The van der Waals surface area contributed by atoms with Gasteiger partial charge in [0.1, 0.15) is 0 Å². The minimum atomic E-state index is 1.50. The normalized spacial score (nSPS) is 4.44. The Morgan fingerprint density at radius 2 is 0.389 bits per heavy atom. The van der Waals surface area contributed by atoms with Gasteiger partial charge in [0.15, 0.2) is 0 Å². The number of benzene rings is 1. The monoisotopic (exact) mass is 246 g/mol. The van der Waals surface area contributed by atoms with E-state index in [0.717, 1.165) is 0 Å². The maximum atomic E-state index is 6.75. The average Bonchev–Trinajstić information content (AvgIpc) is 2.35. The highest BCUT2D eigenvalue weighted by Crippen LogP contribution is 1.79. The van der Waals surface area contributed by atoms with Gasteiger partial charge in [-0.3, -0.25) is 19.6 Å². The predicted octanol–water partition coefficient (Wildman–Crippen LogP) is 5.15. The summed E-state index contributed by atoms with van der Waals surface area (Å²) in [7, 11) is 0. The summed E-state index contributed by atoms with van der Waals surface area (Å²) >= 11 is 0. The summed E-state index contributed by atoms with van der Waals surface area (Å²) in [6, 6.07) is 12.0. The van der Waals surface area contributed by atoms with E-state index in [9.17, 15) is 0 Å². The first-order valence-corrected chi connectivity index (χ1v) is 3.60. The minimum Gasteiger partial charge on any atom is -0.373 e. The first-order chi connectivity index (χ1) is 8.66. The second kappa shape index (κ2) is 50.1. The van der Waals surface area contributed by atoms with E-state index in [1.165, 1.54) is 19.6 Å². The summed E-state index contributed by atoms with van der Waals surface area (Å²) in [6.45, 7) is 0. The fourth-order valence-corrected chi connectivity index (χ4v) is 0.385. The van der Waals surface area contributed by atoms with Crippen LogP contribution in [0.25, 0.3) is 63.9 Å². The van der Waals surface area contributed by atoms with Crippen LogP contribution in [-0.2, 0) is 0 Å². The van der Waals surface area contributed by atoms with Crippen LogP contribution in [0.1, 0.15) is 0 Å². The molecule has 0 fully saturated rings. The van der Waals surface area contributed by atoms with Crippen molar-refractivity contribution in [2.75, 3.05) is 0 Å². The molecule has 1 rings (SSSR count). The number of nitrogens with zero attached hydrogens (tertiary/aromatic N) is 12. The van der Waals surface area contributed by atoms with E-state index in [1.54, 1.807) is 0 Å². The largest absolute Gasteiger partial charge is 0.373 e. The average molecular weight is 246 g/mol. The number of hydrogen-bond acceptors (Lipinski definition) is 0. The van der Waals surface area contributed by atoms with Crippen LogP contribution in [0.5, 0.6) is 0 Å². The Balaban J connectivity index is -0.0000000723. The summed E-state index contributed by atoms with van der Waals surface area (Å²) in [5, 5.41) is 0. The Hall–Kier alpha value is -3.54. The Labute approximate surface area is 101 Å². The molecule has 0 N–H and O–H groups in total. The van der Waals surface area contributed by atoms with Crippen LogP contribution in [0.15, 0.2) is 36.4 Å². The van der Waals surface area contributed by atoms with Crippen molar-refractivity contribution in [2.24, 2.45) is 0 Å². The van der Waals surface area contributed by atoms with Crippen LogP contribution in [0, 0.1) is 0 Å². The summed E-state index contributed by atoms with van der Waals surface area (Å²) in [4.78, 5) is 6.00. The lowest BCUT2D eigenvalue weighted by molar-refractivity contribution is 1.72. The van der Waals surface area contributed by atoms with Crippen molar-refractivity contribution < 1.29 is 0 Å². The maximum absolute atomic E-state index is 6.75. The number of rotatable bonds is 0. The van der Waals surface area contributed by atoms with Gasteiger partial charge in [-0.05, 0) is 0 Å². The highest BCUT2D eigenvalue weighted by atomic mass is 15.0. The minimum absolute atomic E-state index is 1.50. The lowest BCUT2D eigenvalue weighted by Crippen LogP contribution is -1.47. The highest BCUT2D eigenvalue weighted by Gasteiger charge is 1.57. The van der Waals surface area contributed by atoms with Crippen molar-refractivity contribution in [3.8, 4) is 0 Å². The maximum Gasteiger partial charge on any atom is -0.0623 e. The Bertz CT molecular complexity index is 298. The van der Waals surface area contributed by atoms with E-state index in [1.807, 2.05) is 36.4 Å². The third kappa shape index (κ3) is 270. The van der Waals surface area contributed by atoms with Crippen LogP contribution in [0.2, 0.25) is 0 Å². The molecule has 0 amide bonds. The Kier molecular flexibility index (Phi) is 66.6. The van der Waals surface area contributed by atoms with Crippen LogP contribution >= 0.6 is 0 Å². The van der Waals surface area contributed by atoms with Crippen molar-refractivity contribution in [3.05, 3.63) is 100 Å². The molecule has 0 bridgehead atoms. The van der Waals surface area contributed by atoms with E-state index in [4.69, 9.17) is 44.2 Å². The molecule has 0 radical (unpaired) electrons. The molecule has 0 aliphatic carbocycles. The van der Waals surface area contributed by atoms with Crippen LogP contribution in [0.4, 0.5) is 0 Å². The molecule has 0 saturated carbocycles. The summed E-state index contributed by atoms with van der Waals surface area (Å²) in [5.41, 5.74) is 54.0. The van der Waals surface area contributed by atoms with E-state index in [0.29, 0.717) is 0 Å². The van der Waals surface area contributed by atoms with Crippen LogP contribution < -0.4 is 0 Å². The zero-order valence-electron chi connectivity index (χ0n) is 8.83. The molecular weight excluding hydrogens is 240 g/mol. The fraction of sp³-hybridized carbons (Fsp3) is 0. The van der Waals surface area contributed by atoms with Crippen LogP contribution in [0.3, 0.4) is 0 Å². The third-order valence-corrected chi connectivity index (χ3v) is 0.667. The molecule has 0 spiro atoms. The number of hydrogen-bond donors (Lipinski definition) is 0. The highest BCUT2D eigenvalue weighted by molar-refractivity contribution is 4.99. The van der Waals surface area contributed by atoms with Gasteiger partial charge in [-0.2, -0.15) is 0 Å².